The molecule has 9 N–H and O–H groups in total. The van der Waals surface area contributed by atoms with E-state index in [1.807, 2.05) is 6.08 Å². The van der Waals surface area contributed by atoms with Crippen molar-refractivity contribution in [2.24, 2.45) is 0 Å². The normalized spacial score (nSPS) is 27.7. The second kappa shape index (κ2) is 37.4. The minimum atomic E-state index is -1.79. The third-order valence-electron chi connectivity index (χ3n) is 11.6. The number of allylic oxidation sites excluding steroid dienone is 11. The summed E-state index contributed by atoms with van der Waals surface area (Å²) in [6.07, 6.45) is 30.4. The summed E-state index contributed by atoms with van der Waals surface area (Å²) >= 11 is 0. The molecule has 12 unspecified atom stereocenters. The van der Waals surface area contributed by atoms with Gasteiger partial charge in [-0.1, -0.05) is 157 Å². The maximum absolute atomic E-state index is 13.0. The van der Waals surface area contributed by atoms with Gasteiger partial charge in [-0.3, -0.25) is 4.79 Å². The van der Waals surface area contributed by atoms with Crippen LogP contribution in [0.15, 0.2) is 72.9 Å². The van der Waals surface area contributed by atoms with E-state index in [1.54, 1.807) is 6.08 Å². The van der Waals surface area contributed by atoms with Crippen molar-refractivity contribution in [3.63, 3.8) is 0 Å². The van der Waals surface area contributed by atoms with Crippen LogP contribution in [0.2, 0.25) is 0 Å². The Hall–Kier alpha value is -2.57. The monoisotopic (exact) mass is 922 g/mol. The lowest BCUT2D eigenvalue weighted by Crippen LogP contribution is -2.65. The summed E-state index contributed by atoms with van der Waals surface area (Å²) in [5, 5.41) is 86.0. The highest BCUT2D eigenvalue weighted by Crippen LogP contribution is 2.30. The Morgan fingerprint density at radius 2 is 1.06 bits per heavy atom. The minimum absolute atomic E-state index is 0.257. The highest BCUT2D eigenvalue weighted by atomic mass is 16.7. The van der Waals surface area contributed by atoms with Crippen LogP contribution in [0.4, 0.5) is 0 Å². The number of aliphatic hydroxyl groups is 8. The van der Waals surface area contributed by atoms with E-state index in [9.17, 15) is 45.6 Å². The molecule has 0 aliphatic carbocycles. The highest BCUT2D eigenvalue weighted by Gasteiger charge is 2.51. The lowest BCUT2D eigenvalue weighted by molar-refractivity contribution is -0.359. The number of unbranched alkanes of at least 4 members (excludes halogenated alkanes) is 13. The van der Waals surface area contributed by atoms with Gasteiger partial charge in [0.25, 0.3) is 0 Å². The molecule has 1 amide bonds. The molecular weight excluding hydrogens is 835 g/mol. The average Bonchev–Trinajstić information content (AvgIpc) is 3.30. The summed E-state index contributed by atoms with van der Waals surface area (Å²) in [4.78, 5) is 13.0. The molecule has 374 valence electrons. The Labute approximate surface area is 389 Å². The number of carbonyl (C=O) groups excluding carboxylic acids is 1. The van der Waals surface area contributed by atoms with Crippen molar-refractivity contribution >= 4 is 5.91 Å². The largest absolute Gasteiger partial charge is 0.394 e. The van der Waals surface area contributed by atoms with Crippen molar-refractivity contribution in [3.8, 4) is 0 Å². The van der Waals surface area contributed by atoms with E-state index in [0.29, 0.717) is 6.42 Å². The topological polar surface area (TPSA) is 228 Å². The molecule has 0 radical (unpaired) electrons. The lowest BCUT2D eigenvalue weighted by Gasteiger charge is -2.46. The first-order valence-corrected chi connectivity index (χ1v) is 24.7. The van der Waals surface area contributed by atoms with E-state index in [-0.39, 0.29) is 18.9 Å². The summed E-state index contributed by atoms with van der Waals surface area (Å²) in [7, 11) is 0. The second-order valence-electron chi connectivity index (χ2n) is 17.2. The number of rotatable bonds is 36. The molecule has 14 nitrogen and oxygen atoms in total. The van der Waals surface area contributed by atoms with Crippen LogP contribution in [0.1, 0.15) is 149 Å². The van der Waals surface area contributed by atoms with Crippen molar-refractivity contribution in [1.82, 2.24) is 5.32 Å². The van der Waals surface area contributed by atoms with E-state index in [4.69, 9.17) is 18.9 Å². The van der Waals surface area contributed by atoms with Gasteiger partial charge in [0.15, 0.2) is 12.6 Å². The van der Waals surface area contributed by atoms with Crippen LogP contribution in [0.25, 0.3) is 0 Å². The summed E-state index contributed by atoms with van der Waals surface area (Å²) < 4.78 is 22.5. The van der Waals surface area contributed by atoms with Crippen LogP contribution >= 0.6 is 0 Å². The van der Waals surface area contributed by atoms with Crippen molar-refractivity contribution in [3.05, 3.63) is 72.9 Å². The molecule has 14 heteroatoms. The van der Waals surface area contributed by atoms with Crippen molar-refractivity contribution in [1.29, 1.82) is 0 Å². The fourth-order valence-electron chi connectivity index (χ4n) is 7.60. The summed E-state index contributed by atoms with van der Waals surface area (Å²) in [6.45, 7) is 2.48. The zero-order valence-corrected chi connectivity index (χ0v) is 39.4. The zero-order valence-electron chi connectivity index (χ0n) is 39.4. The maximum atomic E-state index is 13.0. The molecule has 2 aliphatic heterocycles. The molecule has 2 aliphatic rings. The molecule has 12 atom stereocenters. The molecule has 2 rings (SSSR count). The SMILES string of the molecule is CC/C=C\C/C=C\C/C=C\C/C=C\C/C=C\CCCCCCCCCCCCCC(=O)NC(COC1OC(CO)C(OC2OC(CO)C(O)C(O)C2O)C(O)C1O)C(O)/C=C/CCCC. The first-order chi connectivity index (χ1) is 31.6. The standard InChI is InChI=1S/C51H87NO13/c1-3-5-7-9-10-11-12-13-14-15-16-17-18-19-20-21-22-23-24-25-26-27-28-29-30-31-33-35-43(56)52-39(40(55)34-32-8-6-4-2)38-62-50-48(61)46(59)49(42(37-54)64-50)65-51-47(60)45(58)44(57)41(36-53)63-51/h5,7,10-11,13-14,16-17,19-20,32,34,39-42,44-51,53-55,57-61H,3-4,6,8-9,12,15,18,21-31,33,35-38H2,1-2H3,(H,52,56)/b7-5-,11-10-,14-13-,17-16-,20-19-,34-32+. The molecule has 65 heavy (non-hydrogen) atoms. The van der Waals surface area contributed by atoms with Gasteiger partial charge in [0.2, 0.25) is 5.91 Å². The molecule has 0 saturated carbocycles. The fourth-order valence-corrected chi connectivity index (χ4v) is 7.60. The smallest absolute Gasteiger partial charge is 0.220 e. The number of hydrogen-bond acceptors (Lipinski definition) is 13. The maximum Gasteiger partial charge on any atom is 0.220 e. The summed E-state index contributed by atoms with van der Waals surface area (Å²) in [5.74, 6) is -0.257. The molecule has 2 fully saturated rings. The predicted molar refractivity (Wildman–Crippen MR) is 253 cm³/mol. The Kier molecular flexibility index (Phi) is 33.7. The third-order valence-corrected chi connectivity index (χ3v) is 11.6. The molecule has 2 saturated heterocycles. The molecule has 0 aromatic carbocycles. The third kappa shape index (κ3) is 24.9. The van der Waals surface area contributed by atoms with Gasteiger partial charge in [-0.2, -0.15) is 0 Å². The minimum Gasteiger partial charge on any atom is -0.394 e. The van der Waals surface area contributed by atoms with Gasteiger partial charge < -0.3 is 65.1 Å². The fraction of sp³-hybridized carbons (Fsp3) is 0.745. The number of amides is 1. The number of hydrogen-bond donors (Lipinski definition) is 9. The Morgan fingerprint density at radius 3 is 1.62 bits per heavy atom. The van der Waals surface area contributed by atoms with Crippen LogP contribution in [0.5, 0.6) is 0 Å². The Bertz CT molecular complexity index is 1370. The predicted octanol–water partition coefficient (Wildman–Crippen LogP) is 6.04. The molecule has 0 aromatic heterocycles. The number of ether oxygens (including phenoxy) is 4. The van der Waals surface area contributed by atoms with Gasteiger partial charge in [0, 0.05) is 6.42 Å². The van der Waals surface area contributed by atoms with Gasteiger partial charge in [0.1, 0.15) is 48.8 Å². The molecular formula is C51H87NO13. The van der Waals surface area contributed by atoms with Crippen LogP contribution < -0.4 is 5.32 Å². The van der Waals surface area contributed by atoms with Crippen LogP contribution in [-0.4, -0.2) is 140 Å². The van der Waals surface area contributed by atoms with Gasteiger partial charge >= 0.3 is 0 Å². The van der Waals surface area contributed by atoms with Crippen molar-refractivity contribution < 1.29 is 64.6 Å². The molecule has 0 bridgehead atoms. The number of carbonyl (C=O) groups is 1. The quantitative estimate of drug-likeness (QED) is 0.0258. The van der Waals surface area contributed by atoms with E-state index >= 15 is 0 Å². The van der Waals surface area contributed by atoms with Gasteiger partial charge in [0.05, 0.1) is 32.0 Å². The van der Waals surface area contributed by atoms with Crippen molar-refractivity contribution in [2.45, 2.75) is 222 Å². The molecule has 2 heterocycles. The van der Waals surface area contributed by atoms with Crippen LogP contribution in [-0.2, 0) is 23.7 Å². The van der Waals surface area contributed by atoms with Crippen molar-refractivity contribution in [2.75, 3.05) is 19.8 Å². The first kappa shape index (κ1) is 58.6. The Morgan fingerprint density at radius 1 is 0.569 bits per heavy atom. The van der Waals surface area contributed by atoms with E-state index < -0.39 is 86.8 Å². The molecule has 0 spiro atoms. The van der Waals surface area contributed by atoms with Gasteiger partial charge in [-0.25, -0.2) is 0 Å². The molecule has 0 aromatic rings. The first-order valence-electron chi connectivity index (χ1n) is 24.7. The Balaban J connectivity index is 1.64. The van der Waals surface area contributed by atoms with Gasteiger partial charge in [-0.15, -0.1) is 0 Å². The number of nitrogens with one attached hydrogen (secondary N) is 1. The highest BCUT2D eigenvalue weighted by molar-refractivity contribution is 5.76. The number of aliphatic hydroxyl groups excluding tert-OH is 8. The zero-order chi connectivity index (χ0) is 47.5. The van der Waals surface area contributed by atoms with Crippen LogP contribution in [0.3, 0.4) is 0 Å². The van der Waals surface area contributed by atoms with Crippen LogP contribution in [0, 0.1) is 0 Å². The second-order valence-corrected chi connectivity index (χ2v) is 17.2. The summed E-state index contributed by atoms with van der Waals surface area (Å²) in [5.41, 5.74) is 0. The van der Waals surface area contributed by atoms with E-state index in [0.717, 1.165) is 77.0 Å². The van der Waals surface area contributed by atoms with E-state index in [2.05, 4.69) is 79.9 Å². The summed E-state index contributed by atoms with van der Waals surface area (Å²) in [6, 6.07) is -0.915. The van der Waals surface area contributed by atoms with Gasteiger partial charge in [-0.05, 0) is 57.8 Å². The lowest BCUT2D eigenvalue weighted by atomic mass is 9.97. The average molecular weight is 922 g/mol. The van der Waals surface area contributed by atoms with E-state index in [1.165, 1.54) is 44.9 Å².